The van der Waals surface area contributed by atoms with E-state index >= 15 is 0 Å². The molecule has 1 N–H and O–H groups in total. The van der Waals surface area contributed by atoms with Gasteiger partial charge in [0.25, 0.3) is 0 Å². The van der Waals surface area contributed by atoms with E-state index in [1.165, 1.54) is 5.56 Å². The normalized spacial score (nSPS) is 22.0. The number of carbonyl (C=O) groups is 1. The van der Waals surface area contributed by atoms with Crippen LogP contribution in [0.15, 0.2) is 59.6 Å². The number of hydrogen-bond acceptors (Lipinski definition) is 1. The molecule has 0 saturated carbocycles. The number of benzene rings is 2. The van der Waals surface area contributed by atoms with Crippen LogP contribution in [0, 0.1) is 5.92 Å². The number of halogens is 1. The number of nitrogens with one attached hydrogen (secondary N) is 1. The van der Waals surface area contributed by atoms with Crippen molar-refractivity contribution in [2.75, 3.05) is 18.9 Å². The Morgan fingerprint density at radius 2 is 1.96 bits per heavy atom. The molecule has 0 radical (unpaired) electrons. The SMILES string of the molecule is CC1C(=NC(=O)Nc2cccc(Cl)c2)N(C)CC1c1ccccc1. The van der Waals surface area contributed by atoms with Gasteiger partial charge in [0.05, 0.1) is 0 Å². The third-order valence-electron chi connectivity index (χ3n) is 4.39. The first-order chi connectivity index (χ1) is 11.5. The second kappa shape index (κ2) is 7.05. The van der Waals surface area contributed by atoms with E-state index in [1.54, 1.807) is 24.3 Å². The third kappa shape index (κ3) is 3.60. The van der Waals surface area contributed by atoms with Crippen LogP contribution in [0.25, 0.3) is 0 Å². The summed E-state index contributed by atoms with van der Waals surface area (Å²) in [5.41, 5.74) is 1.92. The fourth-order valence-corrected chi connectivity index (χ4v) is 3.37. The topological polar surface area (TPSA) is 44.7 Å². The van der Waals surface area contributed by atoms with Crippen molar-refractivity contribution in [2.24, 2.45) is 10.9 Å². The Bertz CT molecular complexity index is 760. The van der Waals surface area contributed by atoms with Crippen LogP contribution in [0.1, 0.15) is 18.4 Å². The number of likely N-dealkylation sites (N-methyl/N-ethyl adjacent to an activating group) is 1. The van der Waals surface area contributed by atoms with Gasteiger partial charge >= 0.3 is 6.03 Å². The Morgan fingerprint density at radius 3 is 2.67 bits per heavy atom. The zero-order valence-electron chi connectivity index (χ0n) is 13.7. The molecule has 1 aliphatic heterocycles. The second-order valence-corrected chi connectivity index (χ2v) is 6.53. The lowest BCUT2D eigenvalue weighted by Gasteiger charge is -2.14. The van der Waals surface area contributed by atoms with Crippen molar-refractivity contribution in [3.8, 4) is 0 Å². The molecule has 4 nitrogen and oxygen atoms in total. The Hall–Kier alpha value is -2.33. The van der Waals surface area contributed by atoms with E-state index < -0.39 is 0 Å². The maximum Gasteiger partial charge on any atom is 0.347 e. The fraction of sp³-hybridized carbons (Fsp3) is 0.263. The largest absolute Gasteiger partial charge is 0.362 e. The third-order valence-corrected chi connectivity index (χ3v) is 4.63. The van der Waals surface area contributed by atoms with Crippen molar-refractivity contribution in [3.05, 3.63) is 65.2 Å². The zero-order valence-corrected chi connectivity index (χ0v) is 14.5. The average Bonchev–Trinajstić information content (AvgIpc) is 2.84. The van der Waals surface area contributed by atoms with E-state index in [1.807, 2.05) is 25.2 Å². The van der Waals surface area contributed by atoms with Gasteiger partial charge in [-0.1, -0.05) is 54.9 Å². The van der Waals surface area contributed by atoms with Gasteiger partial charge in [0, 0.05) is 36.1 Å². The highest BCUT2D eigenvalue weighted by molar-refractivity contribution is 6.30. The maximum atomic E-state index is 12.2. The van der Waals surface area contributed by atoms with E-state index in [4.69, 9.17) is 11.6 Å². The predicted molar refractivity (Wildman–Crippen MR) is 98.9 cm³/mol. The first-order valence-electron chi connectivity index (χ1n) is 7.96. The minimum absolute atomic E-state index is 0.183. The van der Waals surface area contributed by atoms with Crippen molar-refractivity contribution in [3.63, 3.8) is 0 Å². The highest BCUT2D eigenvalue weighted by Crippen LogP contribution is 2.33. The lowest BCUT2D eigenvalue weighted by molar-refractivity contribution is 0.259. The summed E-state index contributed by atoms with van der Waals surface area (Å²) in [4.78, 5) is 18.6. The van der Waals surface area contributed by atoms with Gasteiger partial charge in [0.1, 0.15) is 5.84 Å². The molecule has 0 aromatic heterocycles. The predicted octanol–water partition coefficient (Wildman–Crippen LogP) is 4.64. The van der Waals surface area contributed by atoms with Crippen LogP contribution in [0.5, 0.6) is 0 Å². The molecule has 2 unspecified atom stereocenters. The number of hydrogen-bond donors (Lipinski definition) is 1. The van der Waals surface area contributed by atoms with Gasteiger partial charge in [-0.25, -0.2) is 4.79 Å². The summed E-state index contributed by atoms with van der Waals surface area (Å²) in [7, 11) is 1.98. The molecule has 1 saturated heterocycles. The first-order valence-corrected chi connectivity index (χ1v) is 8.33. The minimum atomic E-state index is -0.375. The minimum Gasteiger partial charge on any atom is -0.362 e. The number of rotatable bonds is 2. The Labute approximate surface area is 147 Å². The summed E-state index contributed by atoms with van der Waals surface area (Å²) in [6, 6.07) is 17.0. The number of carbonyl (C=O) groups excluding carboxylic acids is 1. The summed E-state index contributed by atoms with van der Waals surface area (Å²) in [6.45, 7) is 2.97. The van der Waals surface area contributed by atoms with E-state index in [0.717, 1.165) is 12.4 Å². The van der Waals surface area contributed by atoms with Crippen LogP contribution in [-0.2, 0) is 0 Å². The highest BCUT2D eigenvalue weighted by Gasteiger charge is 2.34. The number of anilines is 1. The Kier molecular flexibility index (Phi) is 4.86. The molecular weight excluding hydrogens is 322 g/mol. The number of amidine groups is 1. The molecule has 24 heavy (non-hydrogen) atoms. The van der Waals surface area contributed by atoms with Gasteiger partial charge in [-0.2, -0.15) is 4.99 Å². The molecule has 0 spiro atoms. The molecule has 1 heterocycles. The first kappa shape index (κ1) is 16.5. The maximum absolute atomic E-state index is 12.2. The molecule has 1 fully saturated rings. The van der Waals surface area contributed by atoms with Crippen molar-refractivity contribution in [1.82, 2.24) is 4.90 Å². The van der Waals surface area contributed by atoms with E-state index in [9.17, 15) is 4.79 Å². The van der Waals surface area contributed by atoms with Crippen LogP contribution in [0.3, 0.4) is 0 Å². The van der Waals surface area contributed by atoms with Crippen molar-refractivity contribution < 1.29 is 4.79 Å². The van der Waals surface area contributed by atoms with Crippen molar-refractivity contribution in [2.45, 2.75) is 12.8 Å². The fourth-order valence-electron chi connectivity index (χ4n) is 3.18. The molecule has 2 aromatic rings. The average molecular weight is 342 g/mol. The summed E-state index contributed by atoms with van der Waals surface area (Å²) >= 11 is 5.94. The van der Waals surface area contributed by atoms with Crippen molar-refractivity contribution in [1.29, 1.82) is 0 Å². The smallest absolute Gasteiger partial charge is 0.347 e. The molecule has 2 atom stereocenters. The van der Waals surface area contributed by atoms with Gasteiger partial charge in [-0.05, 0) is 23.8 Å². The summed E-state index contributed by atoms with van der Waals surface area (Å²) in [5, 5.41) is 3.35. The van der Waals surface area contributed by atoms with E-state index in [2.05, 4.69) is 34.3 Å². The summed E-state index contributed by atoms with van der Waals surface area (Å²) in [5.74, 6) is 1.33. The number of nitrogens with zero attached hydrogens (tertiary/aromatic N) is 2. The molecule has 0 bridgehead atoms. The van der Waals surface area contributed by atoms with Crippen molar-refractivity contribution >= 4 is 29.2 Å². The monoisotopic (exact) mass is 341 g/mol. The molecule has 5 heteroatoms. The molecule has 0 aliphatic carbocycles. The van der Waals surface area contributed by atoms with Gasteiger partial charge in [-0.3, -0.25) is 0 Å². The molecule has 2 amide bonds. The quantitative estimate of drug-likeness (QED) is 0.865. The number of urea groups is 1. The zero-order chi connectivity index (χ0) is 17.1. The molecule has 2 aromatic carbocycles. The second-order valence-electron chi connectivity index (χ2n) is 6.10. The standard InChI is InChI=1S/C19H20ClN3O/c1-13-17(14-7-4-3-5-8-14)12-23(2)18(13)22-19(24)21-16-10-6-9-15(20)11-16/h3-11,13,17H,12H2,1-2H3,(H,21,24). The molecule has 124 valence electrons. The van der Waals surface area contributed by atoms with Crippen LogP contribution in [-0.4, -0.2) is 30.4 Å². The summed E-state index contributed by atoms with van der Waals surface area (Å²) in [6.07, 6.45) is 0. The molecule has 3 rings (SSSR count). The van der Waals surface area contributed by atoms with Crippen LogP contribution in [0.2, 0.25) is 5.02 Å². The van der Waals surface area contributed by atoms with Gasteiger partial charge < -0.3 is 10.2 Å². The van der Waals surface area contributed by atoms with Crippen LogP contribution in [0.4, 0.5) is 10.5 Å². The number of amides is 2. The lowest BCUT2D eigenvalue weighted by Crippen LogP contribution is -2.24. The van der Waals surface area contributed by atoms with Gasteiger partial charge in [0.2, 0.25) is 0 Å². The Balaban J connectivity index is 1.76. The van der Waals surface area contributed by atoms with Gasteiger partial charge in [-0.15, -0.1) is 0 Å². The highest BCUT2D eigenvalue weighted by atomic mass is 35.5. The number of aliphatic imine (C=N–C) groups is 1. The Morgan fingerprint density at radius 1 is 1.21 bits per heavy atom. The molecular formula is C19H20ClN3O. The van der Waals surface area contributed by atoms with E-state index in [0.29, 0.717) is 16.6 Å². The van der Waals surface area contributed by atoms with E-state index in [-0.39, 0.29) is 11.9 Å². The van der Waals surface area contributed by atoms with Crippen LogP contribution >= 0.6 is 11.6 Å². The molecule has 1 aliphatic rings. The summed E-state index contributed by atoms with van der Waals surface area (Å²) < 4.78 is 0. The number of likely N-dealkylation sites (tertiary alicyclic amines) is 1. The lowest BCUT2D eigenvalue weighted by atomic mass is 9.90. The van der Waals surface area contributed by atoms with Gasteiger partial charge in [0.15, 0.2) is 0 Å². The van der Waals surface area contributed by atoms with Crippen LogP contribution < -0.4 is 5.32 Å².